The normalized spacial score (nSPS) is 13.5. The Kier molecular flexibility index (Phi) is 12.4. The van der Waals surface area contributed by atoms with Gasteiger partial charge in [0.2, 0.25) is 11.8 Å². The predicted molar refractivity (Wildman–Crippen MR) is 149 cm³/mol. The third-order valence-electron chi connectivity index (χ3n) is 5.77. The van der Waals surface area contributed by atoms with Gasteiger partial charge in [-0.05, 0) is 53.2 Å². The van der Waals surface area contributed by atoms with Gasteiger partial charge in [0.15, 0.2) is 5.69 Å². The third kappa shape index (κ3) is 11.1. The molecule has 0 bridgehead atoms. The topological polar surface area (TPSA) is 172 Å². The van der Waals surface area contributed by atoms with Gasteiger partial charge in [0, 0.05) is 31.8 Å². The first kappa shape index (κ1) is 34.2. The summed E-state index contributed by atoms with van der Waals surface area (Å²) in [6, 6.07) is 3.15. The first-order valence-corrected chi connectivity index (χ1v) is 13.3. The molecule has 0 aliphatic heterocycles. The molecule has 232 valence electrons. The number of hydrogen-bond donors (Lipinski definition) is 4. The highest BCUT2D eigenvalue weighted by Gasteiger charge is 2.31. The van der Waals surface area contributed by atoms with Gasteiger partial charge < -0.3 is 40.0 Å². The van der Waals surface area contributed by atoms with Gasteiger partial charge >= 0.3 is 6.09 Å². The van der Waals surface area contributed by atoms with Gasteiger partial charge in [-0.25, -0.2) is 9.18 Å². The lowest BCUT2D eigenvalue weighted by atomic mass is 10.1. The lowest BCUT2D eigenvalue weighted by Crippen LogP contribution is -2.58. The Morgan fingerprint density at radius 1 is 1.12 bits per heavy atom. The molecule has 1 heterocycles. The number of carbonyl (C=O) groups excluding carboxylic acids is 4. The van der Waals surface area contributed by atoms with Crippen LogP contribution in [0.2, 0.25) is 0 Å². The highest BCUT2D eigenvalue weighted by molar-refractivity contribution is 5.97. The van der Waals surface area contributed by atoms with Crippen LogP contribution in [0.25, 0.3) is 0 Å². The molecular weight excluding hydrogens is 553 g/mol. The van der Waals surface area contributed by atoms with Crippen molar-refractivity contribution >= 4 is 23.8 Å². The van der Waals surface area contributed by atoms with E-state index in [0.717, 1.165) is 0 Å². The molecule has 3 atom stereocenters. The zero-order valence-corrected chi connectivity index (χ0v) is 24.9. The molecule has 42 heavy (non-hydrogen) atoms. The Labute approximate surface area is 244 Å². The summed E-state index contributed by atoms with van der Waals surface area (Å²) in [5.41, 5.74) is 0.164. The number of benzene rings is 1. The number of carbonyl (C=O) groups is 4. The summed E-state index contributed by atoms with van der Waals surface area (Å²) in [6.45, 7) is 9.42. The number of aryl methyl sites for hydroxylation is 2. The van der Waals surface area contributed by atoms with E-state index in [1.807, 2.05) is 0 Å². The number of likely N-dealkylation sites (N-methyl/N-ethyl adjacent to an activating group) is 1. The maximum Gasteiger partial charge on any atom is 0.410 e. The molecule has 1 aromatic heterocycles. The van der Waals surface area contributed by atoms with Gasteiger partial charge in [0.1, 0.15) is 29.3 Å². The molecule has 13 nitrogen and oxygen atoms in total. The molecular formula is C28H40FN5O8. The van der Waals surface area contributed by atoms with Crippen LogP contribution in [-0.4, -0.2) is 89.6 Å². The van der Waals surface area contributed by atoms with Crippen LogP contribution in [0.15, 0.2) is 28.8 Å². The Balaban J connectivity index is 2.09. The maximum absolute atomic E-state index is 14.3. The van der Waals surface area contributed by atoms with Gasteiger partial charge in [-0.1, -0.05) is 17.3 Å². The number of aliphatic hydroxyl groups is 1. The molecule has 0 spiro atoms. The number of halogens is 1. The summed E-state index contributed by atoms with van der Waals surface area (Å²) in [5, 5.41) is 21.2. The van der Waals surface area contributed by atoms with E-state index in [9.17, 15) is 28.7 Å². The van der Waals surface area contributed by atoms with Crippen LogP contribution in [-0.2, 0) is 25.6 Å². The number of hydrogen-bond acceptors (Lipinski definition) is 9. The van der Waals surface area contributed by atoms with Crippen molar-refractivity contribution in [1.29, 1.82) is 0 Å². The largest absolute Gasteiger partial charge is 0.444 e. The number of ether oxygens (including phenoxy) is 2. The van der Waals surface area contributed by atoms with Gasteiger partial charge in [-0.2, -0.15) is 0 Å². The fourth-order valence-electron chi connectivity index (χ4n) is 3.47. The molecule has 0 unspecified atom stereocenters. The fourth-order valence-corrected chi connectivity index (χ4v) is 3.47. The van der Waals surface area contributed by atoms with Crippen molar-refractivity contribution in [3.63, 3.8) is 0 Å². The second-order valence-corrected chi connectivity index (χ2v) is 10.9. The molecule has 14 heteroatoms. The van der Waals surface area contributed by atoms with E-state index in [1.54, 1.807) is 40.7 Å². The summed E-state index contributed by atoms with van der Waals surface area (Å²) in [5.74, 6) is -2.49. The molecule has 0 aliphatic rings. The van der Waals surface area contributed by atoms with Crippen LogP contribution in [0.1, 0.15) is 55.1 Å². The van der Waals surface area contributed by atoms with Crippen LogP contribution in [0.5, 0.6) is 0 Å². The summed E-state index contributed by atoms with van der Waals surface area (Å²) in [4.78, 5) is 52.2. The minimum absolute atomic E-state index is 0.00986. The zero-order chi connectivity index (χ0) is 31.6. The van der Waals surface area contributed by atoms with Crippen LogP contribution in [0, 0.1) is 19.7 Å². The van der Waals surface area contributed by atoms with Crippen molar-refractivity contribution in [2.45, 2.75) is 71.9 Å². The fraction of sp³-hybridized carbons (Fsp3) is 0.536. The molecule has 4 amide bonds. The number of amides is 4. The third-order valence-corrected chi connectivity index (χ3v) is 5.77. The zero-order valence-electron chi connectivity index (χ0n) is 24.9. The number of nitrogens with one attached hydrogen (secondary N) is 3. The summed E-state index contributed by atoms with van der Waals surface area (Å²) in [7, 11) is 1.52. The van der Waals surface area contributed by atoms with E-state index in [0.29, 0.717) is 11.3 Å². The van der Waals surface area contributed by atoms with Crippen molar-refractivity contribution in [2.75, 3.05) is 26.8 Å². The van der Waals surface area contributed by atoms with E-state index in [2.05, 4.69) is 21.1 Å². The van der Waals surface area contributed by atoms with Crippen molar-refractivity contribution in [1.82, 2.24) is 26.0 Å². The second kappa shape index (κ2) is 15.3. The molecule has 0 radical (unpaired) electrons. The molecule has 0 aliphatic carbocycles. The van der Waals surface area contributed by atoms with Gasteiger partial charge in [0.25, 0.3) is 5.91 Å². The average molecular weight is 594 g/mol. The Morgan fingerprint density at radius 3 is 2.38 bits per heavy atom. The van der Waals surface area contributed by atoms with Crippen molar-refractivity contribution in [3.8, 4) is 0 Å². The summed E-state index contributed by atoms with van der Waals surface area (Å²) in [6.07, 6.45) is -1.91. The van der Waals surface area contributed by atoms with E-state index < -0.39 is 53.4 Å². The standard InChI is InChI=1S/C28H40FN5O8/c1-16-8-9-19(20(29)12-16)14-30-24(36)22(15-40-11-10-34(7)27(39)41-28(4,5)6)31-26(38)23(18(3)35)32-25(37)21-13-17(2)42-33-21/h8-9,12-13,18,22-23,35H,10-11,14-15H2,1-7H3,(H,30,36)(H,31,38)(H,32,37)/t18-,22+,23+/m1/s1. The van der Waals surface area contributed by atoms with Gasteiger partial charge in [0.05, 0.1) is 19.3 Å². The maximum atomic E-state index is 14.3. The Morgan fingerprint density at radius 2 is 1.81 bits per heavy atom. The molecule has 0 saturated carbocycles. The first-order valence-electron chi connectivity index (χ1n) is 13.3. The highest BCUT2D eigenvalue weighted by atomic mass is 19.1. The van der Waals surface area contributed by atoms with Crippen molar-refractivity contribution in [2.24, 2.45) is 0 Å². The lowest BCUT2D eigenvalue weighted by molar-refractivity contribution is -0.132. The molecule has 4 N–H and O–H groups in total. The smallest absolute Gasteiger partial charge is 0.410 e. The van der Waals surface area contributed by atoms with Crippen molar-refractivity contribution < 1.29 is 42.7 Å². The Bertz CT molecular complexity index is 1240. The number of rotatable bonds is 13. The van der Waals surface area contributed by atoms with Crippen LogP contribution in [0.3, 0.4) is 0 Å². The van der Waals surface area contributed by atoms with E-state index in [1.165, 1.54) is 37.1 Å². The minimum atomic E-state index is -1.46. The molecule has 1 aromatic carbocycles. The highest BCUT2D eigenvalue weighted by Crippen LogP contribution is 2.11. The number of aliphatic hydroxyl groups excluding tert-OH is 1. The molecule has 2 aromatic rings. The average Bonchev–Trinajstić information content (AvgIpc) is 3.33. The molecule has 2 rings (SSSR count). The van der Waals surface area contributed by atoms with E-state index >= 15 is 0 Å². The summed E-state index contributed by atoms with van der Waals surface area (Å²) < 4.78 is 30.0. The molecule has 0 saturated heterocycles. The summed E-state index contributed by atoms with van der Waals surface area (Å²) >= 11 is 0. The predicted octanol–water partition coefficient (Wildman–Crippen LogP) is 1.59. The quantitative estimate of drug-likeness (QED) is 0.252. The van der Waals surface area contributed by atoms with Crippen LogP contribution >= 0.6 is 0 Å². The second-order valence-electron chi connectivity index (χ2n) is 10.9. The van der Waals surface area contributed by atoms with Crippen LogP contribution < -0.4 is 16.0 Å². The van der Waals surface area contributed by atoms with E-state index in [-0.39, 0.29) is 37.6 Å². The first-order chi connectivity index (χ1) is 19.6. The lowest BCUT2D eigenvalue weighted by Gasteiger charge is -2.26. The Hall–Kier alpha value is -4.04. The number of nitrogens with zero attached hydrogens (tertiary/aromatic N) is 2. The van der Waals surface area contributed by atoms with E-state index in [4.69, 9.17) is 14.0 Å². The van der Waals surface area contributed by atoms with Gasteiger partial charge in [-0.3, -0.25) is 14.4 Å². The van der Waals surface area contributed by atoms with Crippen LogP contribution in [0.4, 0.5) is 9.18 Å². The van der Waals surface area contributed by atoms with Crippen molar-refractivity contribution in [3.05, 3.63) is 52.7 Å². The SMILES string of the molecule is Cc1ccc(CNC(=O)[C@H](COCCN(C)C(=O)OC(C)(C)C)NC(=O)[C@@H](NC(=O)c2cc(C)on2)[C@@H](C)O)c(F)c1. The molecule has 0 fully saturated rings. The minimum Gasteiger partial charge on any atom is -0.444 e. The van der Waals surface area contributed by atoms with Gasteiger partial charge in [-0.15, -0.1) is 0 Å². The monoisotopic (exact) mass is 593 g/mol. The number of aromatic nitrogens is 1.